The van der Waals surface area contributed by atoms with Crippen molar-refractivity contribution in [3.8, 4) is 0 Å². The highest BCUT2D eigenvalue weighted by molar-refractivity contribution is 5.96. The molecule has 3 nitrogen and oxygen atoms in total. The van der Waals surface area contributed by atoms with Crippen LogP contribution in [0, 0.1) is 12.3 Å². The van der Waals surface area contributed by atoms with Gasteiger partial charge in [-0.15, -0.1) is 0 Å². The average Bonchev–Trinajstić information content (AvgIpc) is 2.21. The standard InChI is InChI=1S/C13H17NO2/c1-10-3-5-11(6-4-10)14-12(16)13(9-15)7-2-8-13/h3-6,15H,2,7-9H2,1H3,(H,14,16). The highest BCUT2D eigenvalue weighted by atomic mass is 16.3. The van der Waals surface area contributed by atoms with Gasteiger partial charge in [0.1, 0.15) is 0 Å². The van der Waals surface area contributed by atoms with Crippen molar-refractivity contribution >= 4 is 11.6 Å². The van der Waals surface area contributed by atoms with Crippen molar-refractivity contribution in [1.82, 2.24) is 0 Å². The number of aliphatic hydroxyl groups excluding tert-OH is 1. The molecule has 0 aliphatic heterocycles. The lowest BCUT2D eigenvalue weighted by atomic mass is 9.68. The fourth-order valence-electron chi connectivity index (χ4n) is 1.96. The zero-order valence-corrected chi connectivity index (χ0v) is 9.49. The molecular weight excluding hydrogens is 202 g/mol. The Kier molecular flexibility index (Phi) is 2.97. The van der Waals surface area contributed by atoms with Crippen LogP contribution in [0.2, 0.25) is 0 Å². The fraction of sp³-hybridized carbons (Fsp3) is 0.462. The maximum atomic E-state index is 12.0. The fourth-order valence-corrected chi connectivity index (χ4v) is 1.96. The highest BCUT2D eigenvalue weighted by Crippen LogP contribution is 2.41. The molecule has 86 valence electrons. The van der Waals surface area contributed by atoms with E-state index in [1.807, 2.05) is 31.2 Å². The molecule has 0 saturated heterocycles. The maximum Gasteiger partial charge on any atom is 0.232 e. The Bertz CT molecular complexity index is 374. The first kappa shape index (κ1) is 11.1. The van der Waals surface area contributed by atoms with E-state index in [0.29, 0.717) is 0 Å². The van der Waals surface area contributed by atoms with E-state index in [4.69, 9.17) is 0 Å². The average molecular weight is 219 g/mol. The minimum atomic E-state index is -0.523. The van der Waals surface area contributed by atoms with Crippen molar-refractivity contribution in [2.75, 3.05) is 11.9 Å². The molecule has 1 aromatic carbocycles. The van der Waals surface area contributed by atoms with Crippen LogP contribution in [-0.2, 0) is 4.79 Å². The number of hydrogen-bond donors (Lipinski definition) is 2. The van der Waals surface area contributed by atoms with E-state index < -0.39 is 5.41 Å². The molecule has 0 atom stereocenters. The molecule has 2 rings (SSSR count). The van der Waals surface area contributed by atoms with E-state index in [2.05, 4.69) is 5.32 Å². The minimum Gasteiger partial charge on any atom is -0.395 e. The topological polar surface area (TPSA) is 49.3 Å². The zero-order chi connectivity index (χ0) is 11.6. The lowest BCUT2D eigenvalue weighted by Crippen LogP contribution is -2.44. The van der Waals surface area contributed by atoms with E-state index >= 15 is 0 Å². The van der Waals surface area contributed by atoms with Crippen LogP contribution in [0.15, 0.2) is 24.3 Å². The van der Waals surface area contributed by atoms with Gasteiger partial charge < -0.3 is 10.4 Å². The normalized spacial score (nSPS) is 17.6. The Morgan fingerprint density at radius 1 is 1.38 bits per heavy atom. The van der Waals surface area contributed by atoms with Gasteiger partial charge in [0.05, 0.1) is 12.0 Å². The summed E-state index contributed by atoms with van der Waals surface area (Å²) >= 11 is 0. The summed E-state index contributed by atoms with van der Waals surface area (Å²) in [6, 6.07) is 7.69. The summed E-state index contributed by atoms with van der Waals surface area (Å²) in [5, 5.41) is 12.1. The number of benzene rings is 1. The molecule has 1 saturated carbocycles. The van der Waals surface area contributed by atoms with Gasteiger partial charge in [-0.3, -0.25) is 4.79 Å². The van der Waals surface area contributed by atoms with Gasteiger partial charge in [-0.25, -0.2) is 0 Å². The lowest BCUT2D eigenvalue weighted by molar-refractivity contribution is -0.133. The quantitative estimate of drug-likeness (QED) is 0.817. The molecule has 1 aliphatic rings. The number of aryl methyl sites for hydroxylation is 1. The first-order chi connectivity index (χ1) is 7.66. The number of nitrogens with one attached hydrogen (secondary N) is 1. The van der Waals surface area contributed by atoms with E-state index in [1.54, 1.807) is 0 Å². The largest absolute Gasteiger partial charge is 0.395 e. The number of aliphatic hydroxyl groups is 1. The monoisotopic (exact) mass is 219 g/mol. The second kappa shape index (κ2) is 4.26. The Morgan fingerprint density at radius 3 is 2.44 bits per heavy atom. The van der Waals surface area contributed by atoms with Gasteiger partial charge in [-0.05, 0) is 31.9 Å². The van der Waals surface area contributed by atoms with Crippen LogP contribution in [0.5, 0.6) is 0 Å². The van der Waals surface area contributed by atoms with Crippen molar-refractivity contribution in [3.05, 3.63) is 29.8 Å². The van der Waals surface area contributed by atoms with E-state index in [0.717, 1.165) is 24.9 Å². The summed E-state index contributed by atoms with van der Waals surface area (Å²) < 4.78 is 0. The van der Waals surface area contributed by atoms with Crippen LogP contribution in [0.4, 0.5) is 5.69 Å². The molecule has 0 unspecified atom stereocenters. The van der Waals surface area contributed by atoms with Gasteiger partial charge in [-0.2, -0.15) is 0 Å². The second-order valence-corrected chi connectivity index (χ2v) is 4.61. The maximum absolute atomic E-state index is 12.0. The van der Waals surface area contributed by atoms with Crippen LogP contribution in [0.1, 0.15) is 24.8 Å². The Morgan fingerprint density at radius 2 is 2.00 bits per heavy atom. The van der Waals surface area contributed by atoms with E-state index in [1.165, 1.54) is 5.56 Å². The molecule has 0 bridgehead atoms. The van der Waals surface area contributed by atoms with Crippen molar-refractivity contribution in [3.63, 3.8) is 0 Å². The van der Waals surface area contributed by atoms with Crippen molar-refractivity contribution in [1.29, 1.82) is 0 Å². The molecule has 1 fully saturated rings. The van der Waals surface area contributed by atoms with Gasteiger partial charge in [0.2, 0.25) is 5.91 Å². The van der Waals surface area contributed by atoms with Gasteiger partial charge in [0.15, 0.2) is 0 Å². The second-order valence-electron chi connectivity index (χ2n) is 4.61. The molecule has 1 aliphatic carbocycles. The lowest BCUT2D eigenvalue weighted by Gasteiger charge is -2.38. The first-order valence-electron chi connectivity index (χ1n) is 5.65. The third kappa shape index (κ3) is 1.95. The summed E-state index contributed by atoms with van der Waals surface area (Å²) in [5.41, 5.74) is 1.44. The SMILES string of the molecule is Cc1ccc(NC(=O)C2(CO)CCC2)cc1. The Hall–Kier alpha value is -1.35. The molecule has 0 heterocycles. The predicted octanol–water partition coefficient (Wildman–Crippen LogP) is 2.10. The first-order valence-corrected chi connectivity index (χ1v) is 5.65. The molecule has 1 aromatic rings. The van der Waals surface area contributed by atoms with Gasteiger partial charge in [0, 0.05) is 5.69 Å². The van der Waals surface area contributed by atoms with Crippen LogP contribution >= 0.6 is 0 Å². The summed E-state index contributed by atoms with van der Waals surface area (Å²) in [6.45, 7) is 1.96. The molecule has 0 radical (unpaired) electrons. The third-order valence-electron chi connectivity index (χ3n) is 3.40. The summed E-state index contributed by atoms with van der Waals surface area (Å²) in [5.74, 6) is -0.0508. The van der Waals surface area contributed by atoms with Crippen molar-refractivity contribution in [2.24, 2.45) is 5.41 Å². The molecule has 0 spiro atoms. The van der Waals surface area contributed by atoms with Crippen molar-refractivity contribution in [2.45, 2.75) is 26.2 Å². The number of carbonyl (C=O) groups is 1. The smallest absolute Gasteiger partial charge is 0.232 e. The summed E-state index contributed by atoms with van der Waals surface area (Å²) in [7, 11) is 0. The third-order valence-corrected chi connectivity index (χ3v) is 3.40. The molecule has 1 amide bonds. The van der Waals surface area contributed by atoms with E-state index in [-0.39, 0.29) is 12.5 Å². The van der Waals surface area contributed by atoms with Crippen LogP contribution in [0.3, 0.4) is 0 Å². The number of carbonyl (C=O) groups excluding carboxylic acids is 1. The highest BCUT2D eigenvalue weighted by Gasteiger charge is 2.43. The number of anilines is 1. The number of amides is 1. The van der Waals surface area contributed by atoms with Crippen LogP contribution in [-0.4, -0.2) is 17.6 Å². The zero-order valence-electron chi connectivity index (χ0n) is 9.49. The predicted molar refractivity (Wildman–Crippen MR) is 63.2 cm³/mol. The van der Waals surface area contributed by atoms with Crippen LogP contribution < -0.4 is 5.32 Å². The van der Waals surface area contributed by atoms with Crippen LogP contribution in [0.25, 0.3) is 0 Å². The minimum absolute atomic E-state index is 0.0508. The molecule has 16 heavy (non-hydrogen) atoms. The molecule has 0 aromatic heterocycles. The molecule has 2 N–H and O–H groups in total. The van der Waals surface area contributed by atoms with Crippen molar-refractivity contribution < 1.29 is 9.90 Å². The van der Waals surface area contributed by atoms with Gasteiger partial charge in [-0.1, -0.05) is 24.1 Å². The van der Waals surface area contributed by atoms with Gasteiger partial charge >= 0.3 is 0 Å². The number of hydrogen-bond acceptors (Lipinski definition) is 2. The number of rotatable bonds is 3. The van der Waals surface area contributed by atoms with Gasteiger partial charge in [0.25, 0.3) is 0 Å². The summed E-state index contributed by atoms with van der Waals surface area (Å²) in [4.78, 5) is 12.0. The Balaban J connectivity index is 2.04. The summed E-state index contributed by atoms with van der Waals surface area (Å²) in [6.07, 6.45) is 2.62. The molecular formula is C13H17NO2. The van der Waals surface area contributed by atoms with E-state index in [9.17, 15) is 9.90 Å². The molecule has 3 heteroatoms. The Labute approximate surface area is 95.5 Å².